The molecule has 1 atom stereocenters. The van der Waals surface area contributed by atoms with Crippen LogP contribution in [-0.2, 0) is 12.8 Å². The Morgan fingerprint density at radius 1 is 1.20 bits per heavy atom. The van der Waals surface area contributed by atoms with Gasteiger partial charge in [-0.05, 0) is 49.1 Å². The van der Waals surface area contributed by atoms with E-state index in [9.17, 15) is 0 Å². The van der Waals surface area contributed by atoms with E-state index in [1.54, 1.807) is 0 Å². The Bertz CT molecular complexity index is 298. The normalized spacial score (nSPS) is 17.7. The topological polar surface area (TPSA) is 26.0 Å². The van der Waals surface area contributed by atoms with Crippen molar-refractivity contribution in [1.29, 1.82) is 0 Å². The Kier molecular flexibility index (Phi) is 3.42. The molecule has 1 aliphatic rings. The summed E-state index contributed by atoms with van der Waals surface area (Å²) >= 11 is 0. The predicted octanol–water partition coefficient (Wildman–Crippen LogP) is 2.92. The second kappa shape index (κ2) is 4.80. The van der Waals surface area contributed by atoms with Crippen LogP contribution in [0, 0.1) is 5.92 Å². The summed E-state index contributed by atoms with van der Waals surface area (Å²) in [6, 6.07) is 9.41. The van der Waals surface area contributed by atoms with E-state index < -0.39 is 0 Å². The molecule has 1 saturated carbocycles. The molecule has 0 heterocycles. The Morgan fingerprint density at radius 3 is 2.33 bits per heavy atom. The summed E-state index contributed by atoms with van der Waals surface area (Å²) in [5, 5.41) is 0. The molecule has 0 radical (unpaired) electrons. The van der Waals surface area contributed by atoms with Gasteiger partial charge in [-0.15, -0.1) is 0 Å². The van der Waals surface area contributed by atoms with Gasteiger partial charge in [-0.25, -0.2) is 0 Å². The Hall–Kier alpha value is -0.820. The third-order valence-electron chi connectivity index (χ3n) is 3.43. The molecule has 1 nitrogen and oxygen atoms in total. The SMILES string of the molecule is CCc1ccc(CCC(N)C2CC2)cc1. The molecular formula is C14H21N. The molecule has 0 spiro atoms. The number of rotatable bonds is 5. The number of hydrogen-bond donors (Lipinski definition) is 1. The van der Waals surface area contributed by atoms with Gasteiger partial charge in [-0.3, -0.25) is 0 Å². The van der Waals surface area contributed by atoms with E-state index in [4.69, 9.17) is 5.73 Å². The Labute approximate surface area is 92.7 Å². The summed E-state index contributed by atoms with van der Waals surface area (Å²) in [4.78, 5) is 0. The minimum absolute atomic E-state index is 0.441. The summed E-state index contributed by atoms with van der Waals surface area (Å²) in [5.74, 6) is 0.833. The van der Waals surface area contributed by atoms with Crippen molar-refractivity contribution in [2.75, 3.05) is 0 Å². The molecule has 0 amide bonds. The van der Waals surface area contributed by atoms with E-state index in [0.29, 0.717) is 6.04 Å². The monoisotopic (exact) mass is 203 g/mol. The van der Waals surface area contributed by atoms with Crippen LogP contribution in [0.3, 0.4) is 0 Å². The van der Waals surface area contributed by atoms with Crippen LogP contribution < -0.4 is 5.73 Å². The van der Waals surface area contributed by atoms with Gasteiger partial charge in [0, 0.05) is 6.04 Å². The van der Waals surface area contributed by atoms with Crippen LogP contribution in [0.5, 0.6) is 0 Å². The molecule has 1 aromatic carbocycles. The Balaban J connectivity index is 1.81. The van der Waals surface area contributed by atoms with Gasteiger partial charge in [0.05, 0.1) is 0 Å². The summed E-state index contributed by atoms with van der Waals surface area (Å²) < 4.78 is 0. The van der Waals surface area contributed by atoms with Crippen LogP contribution in [0.1, 0.15) is 37.3 Å². The zero-order chi connectivity index (χ0) is 10.7. The third kappa shape index (κ3) is 3.07. The van der Waals surface area contributed by atoms with E-state index >= 15 is 0 Å². The van der Waals surface area contributed by atoms with Gasteiger partial charge >= 0.3 is 0 Å². The van der Waals surface area contributed by atoms with Crippen LogP contribution in [-0.4, -0.2) is 6.04 Å². The van der Waals surface area contributed by atoms with E-state index in [0.717, 1.165) is 25.2 Å². The maximum Gasteiger partial charge on any atom is 0.00703 e. The zero-order valence-corrected chi connectivity index (χ0v) is 9.58. The van der Waals surface area contributed by atoms with Crippen LogP contribution in [0.15, 0.2) is 24.3 Å². The van der Waals surface area contributed by atoms with Gasteiger partial charge < -0.3 is 5.73 Å². The molecule has 1 aliphatic carbocycles. The molecule has 82 valence electrons. The summed E-state index contributed by atoms with van der Waals surface area (Å²) in [5.41, 5.74) is 8.94. The first-order valence-electron chi connectivity index (χ1n) is 6.13. The highest BCUT2D eigenvalue weighted by molar-refractivity contribution is 5.22. The fraction of sp³-hybridized carbons (Fsp3) is 0.571. The fourth-order valence-electron chi connectivity index (χ4n) is 2.04. The first-order chi connectivity index (χ1) is 7.29. The van der Waals surface area contributed by atoms with Crippen molar-refractivity contribution in [2.24, 2.45) is 11.7 Å². The van der Waals surface area contributed by atoms with Crippen LogP contribution in [0.2, 0.25) is 0 Å². The predicted molar refractivity (Wildman–Crippen MR) is 64.8 cm³/mol. The highest BCUT2D eigenvalue weighted by Gasteiger charge is 2.27. The minimum Gasteiger partial charge on any atom is -0.327 e. The van der Waals surface area contributed by atoms with Crippen molar-refractivity contribution in [3.63, 3.8) is 0 Å². The van der Waals surface area contributed by atoms with Crippen molar-refractivity contribution in [1.82, 2.24) is 0 Å². The third-order valence-corrected chi connectivity index (χ3v) is 3.43. The van der Waals surface area contributed by atoms with Crippen molar-refractivity contribution in [3.8, 4) is 0 Å². The molecule has 1 fully saturated rings. The summed E-state index contributed by atoms with van der Waals surface area (Å²) in [7, 11) is 0. The van der Waals surface area contributed by atoms with E-state index in [2.05, 4.69) is 31.2 Å². The van der Waals surface area contributed by atoms with Crippen LogP contribution >= 0.6 is 0 Å². The summed E-state index contributed by atoms with van der Waals surface area (Å²) in [6.07, 6.45) is 6.13. The molecule has 0 saturated heterocycles. The standard InChI is InChI=1S/C14H21N/c1-2-11-3-5-12(6-4-11)7-10-14(15)13-8-9-13/h3-6,13-14H,2,7-10,15H2,1H3. The molecule has 1 unspecified atom stereocenters. The first kappa shape index (κ1) is 10.7. The molecule has 2 N–H and O–H groups in total. The Morgan fingerprint density at radius 2 is 1.80 bits per heavy atom. The number of aryl methyl sites for hydroxylation is 2. The molecule has 15 heavy (non-hydrogen) atoms. The summed E-state index contributed by atoms with van der Waals surface area (Å²) in [6.45, 7) is 2.19. The molecule has 2 rings (SSSR count). The average molecular weight is 203 g/mol. The van der Waals surface area contributed by atoms with Gasteiger partial charge in [0.2, 0.25) is 0 Å². The number of benzene rings is 1. The van der Waals surface area contributed by atoms with Gasteiger partial charge in [-0.1, -0.05) is 31.2 Å². The lowest BCUT2D eigenvalue weighted by molar-refractivity contribution is 0.550. The van der Waals surface area contributed by atoms with Crippen molar-refractivity contribution >= 4 is 0 Å². The lowest BCUT2D eigenvalue weighted by Gasteiger charge is -2.09. The molecular weight excluding hydrogens is 182 g/mol. The number of hydrogen-bond acceptors (Lipinski definition) is 1. The van der Waals surface area contributed by atoms with E-state index in [1.807, 2.05) is 0 Å². The fourth-order valence-corrected chi connectivity index (χ4v) is 2.04. The highest BCUT2D eigenvalue weighted by Crippen LogP contribution is 2.33. The van der Waals surface area contributed by atoms with Crippen LogP contribution in [0.25, 0.3) is 0 Å². The van der Waals surface area contributed by atoms with Gasteiger partial charge in [0.15, 0.2) is 0 Å². The largest absolute Gasteiger partial charge is 0.327 e. The first-order valence-corrected chi connectivity index (χ1v) is 6.13. The van der Waals surface area contributed by atoms with Gasteiger partial charge in [0.1, 0.15) is 0 Å². The average Bonchev–Trinajstić information content (AvgIpc) is 3.10. The molecule has 0 aromatic heterocycles. The maximum absolute atomic E-state index is 6.08. The lowest BCUT2D eigenvalue weighted by atomic mass is 10.0. The highest BCUT2D eigenvalue weighted by atomic mass is 14.7. The molecule has 1 aromatic rings. The quantitative estimate of drug-likeness (QED) is 0.782. The van der Waals surface area contributed by atoms with Crippen LogP contribution in [0.4, 0.5) is 0 Å². The smallest absolute Gasteiger partial charge is 0.00703 e. The zero-order valence-electron chi connectivity index (χ0n) is 9.58. The van der Waals surface area contributed by atoms with E-state index in [-0.39, 0.29) is 0 Å². The minimum atomic E-state index is 0.441. The molecule has 1 heteroatoms. The van der Waals surface area contributed by atoms with Gasteiger partial charge in [-0.2, -0.15) is 0 Å². The molecule has 0 aliphatic heterocycles. The van der Waals surface area contributed by atoms with Crippen molar-refractivity contribution in [3.05, 3.63) is 35.4 Å². The van der Waals surface area contributed by atoms with Crippen molar-refractivity contribution in [2.45, 2.75) is 45.1 Å². The molecule has 0 bridgehead atoms. The number of nitrogens with two attached hydrogens (primary N) is 1. The second-order valence-electron chi connectivity index (χ2n) is 4.71. The van der Waals surface area contributed by atoms with Crippen molar-refractivity contribution < 1.29 is 0 Å². The lowest BCUT2D eigenvalue weighted by Crippen LogP contribution is -2.22. The maximum atomic E-state index is 6.08. The second-order valence-corrected chi connectivity index (χ2v) is 4.71. The van der Waals surface area contributed by atoms with E-state index in [1.165, 1.54) is 24.0 Å². The van der Waals surface area contributed by atoms with Gasteiger partial charge in [0.25, 0.3) is 0 Å².